The molecule has 2 heterocycles. The topological polar surface area (TPSA) is 63.3 Å². The maximum atomic E-state index is 11.8. The Labute approximate surface area is 129 Å². The third-order valence-electron chi connectivity index (χ3n) is 3.34. The molecule has 116 valence electrons. The van der Waals surface area contributed by atoms with E-state index in [2.05, 4.69) is 5.32 Å². The maximum Gasteiger partial charge on any atom is 0.253 e. The predicted octanol–water partition coefficient (Wildman–Crippen LogP) is 0.700. The fourth-order valence-electron chi connectivity index (χ4n) is 2.19. The van der Waals surface area contributed by atoms with Crippen LogP contribution in [0, 0.1) is 0 Å². The average Bonchev–Trinajstić information content (AvgIpc) is 2.97. The summed E-state index contributed by atoms with van der Waals surface area (Å²) in [6, 6.07) is 7.60. The first kappa shape index (κ1) is 16.0. The number of ether oxygens (including phenoxy) is 1. The highest BCUT2D eigenvalue weighted by molar-refractivity contribution is 5.95. The van der Waals surface area contributed by atoms with Crippen LogP contribution in [0.3, 0.4) is 0 Å². The minimum Gasteiger partial charge on any atom is -0.370 e. The zero-order chi connectivity index (χ0) is 13.9. The Kier molecular flexibility index (Phi) is 5.38. The molecule has 1 amide bonds. The summed E-state index contributed by atoms with van der Waals surface area (Å²) in [5.74, 6) is -0.0139. The fourth-order valence-corrected chi connectivity index (χ4v) is 2.19. The minimum absolute atomic E-state index is 0. The number of amides is 1. The number of likely N-dealkylation sites (N-methyl/N-ethyl adjacent to an activating group) is 1. The molecule has 0 aromatic heterocycles. The molecule has 21 heavy (non-hydrogen) atoms. The molecule has 0 bridgehead atoms. The zero-order valence-electron chi connectivity index (χ0n) is 11.7. The van der Waals surface area contributed by atoms with Crippen molar-refractivity contribution in [2.45, 2.75) is 6.23 Å². The predicted molar refractivity (Wildman–Crippen MR) is 79.2 cm³/mol. The molecule has 1 unspecified atom stereocenters. The van der Waals surface area contributed by atoms with Gasteiger partial charge in [-0.2, -0.15) is 4.89 Å². The van der Waals surface area contributed by atoms with E-state index in [9.17, 15) is 4.79 Å². The second-order valence-corrected chi connectivity index (χ2v) is 4.62. The van der Waals surface area contributed by atoms with E-state index >= 15 is 0 Å². The van der Waals surface area contributed by atoms with Crippen LogP contribution >= 0.6 is 12.4 Å². The monoisotopic (exact) mass is 315 g/mol. The van der Waals surface area contributed by atoms with Gasteiger partial charge in [0.1, 0.15) is 6.61 Å². The second kappa shape index (κ2) is 7.06. The van der Waals surface area contributed by atoms with E-state index in [4.69, 9.17) is 14.6 Å². The summed E-state index contributed by atoms with van der Waals surface area (Å²) in [5, 5.41) is 4.64. The van der Waals surface area contributed by atoms with Crippen molar-refractivity contribution >= 4 is 29.7 Å². The smallest absolute Gasteiger partial charge is 0.253 e. The molecular formula is C13H18ClN3O4. The number of morpholine rings is 1. The molecule has 2 fully saturated rings. The number of benzene rings is 1. The van der Waals surface area contributed by atoms with E-state index in [1.54, 1.807) is 9.96 Å². The highest BCUT2D eigenvalue weighted by Crippen LogP contribution is 2.24. The van der Waals surface area contributed by atoms with Crippen molar-refractivity contribution in [2.75, 3.05) is 43.3 Å². The van der Waals surface area contributed by atoms with Gasteiger partial charge in [-0.15, -0.1) is 17.4 Å². The molecule has 2 aliphatic rings. The van der Waals surface area contributed by atoms with Gasteiger partial charge in [0.15, 0.2) is 6.23 Å². The van der Waals surface area contributed by atoms with Gasteiger partial charge in [-0.3, -0.25) is 10.1 Å². The number of anilines is 2. The zero-order valence-corrected chi connectivity index (χ0v) is 12.5. The summed E-state index contributed by atoms with van der Waals surface area (Å²) in [7, 11) is 1.81. The van der Waals surface area contributed by atoms with E-state index in [1.807, 2.05) is 31.3 Å². The van der Waals surface area contributed by atoms with Gasteiger partial charge in [-0.05, 0) is 31.3 Å². The fraction of sp³-hybridized carbons (Fsp3) is 0.462. The van der Waals surface area contributed by atoms with E-state index < -0.39 is 0 Å². The lowest BCUT2D eigenvalue weighted by atomic mass is 10.2. The molecule has 1 N–H and O–H groups in total. The molecule has 8 heteroatoms. The lowest BCUT2D eigenvalue weighted by Crippen LogP contribution is -2.41. The van der Waals surface area contributed by atoms with Gasteiger partial charge >= 0.3 is 0 Å². The minimum atomic E-state index is -0.143. The highest BCUT2D eigenvalue weighted by atomic mass is 35.5. The van der Waals surface area contributed by atoms with Crippen LogP contribution in [-0.2, 0) is 19.4 Å². The van der Waals surface area contributed by atoms with E-state index in [1.165, 1.54) is 0 Å². The number of nitrogens with one attached hydrogen (secondary N) is 1. The number of halogens is 1. The Morgan fingerprint density at radius 3 is 2.57 bits per heavy atom. The third-order valence-corrected chi connectivity index (χ3v) is 3.34. The van der Waals surface area contributed by atoms with Crippen molar-refractivity contribution in [3.8, 4) is 0 Å². The van der Waals surface area contributed by atoms with Crippen LogP contribution < -0.4 is 15.3 Å². The Morgan fingerprint density at radius 2 is 1.95 bits per heavy atom. The van der Waals surface area contributed by atoms with Crippen LogP contribution in [0.5, 0.6) is 0 Å². The molecule has 0 aliphatic carbocycles. The van der Waals surface area contributed by atoms with Crippen LogP contribution in [0.4, 0.5) is 11.4 Å². The number of rotatable bonds is 3. The highest BCUT2D eigenvalue weighted by Gasteiger charge is 2.25. The SMILES string of the molecule is CNC1CN(c2ccc(N3CCOCC3=O)cc2)OO1.Cl. The van der Waals surface area contributed by atoms with Gasteiger partial charge < -0.3 is 9.64 Å². The molecule has 2 saturated heterocycles. The Morgan fingerprint density at radius 1 is 1.24 bits per heavy atom. The first-order valence-electron chi connectivity index (χ1n) is 6.54. The van der Waals surface area contributed by atoms with Gasteiger partial charge in [-0.1, -0.05) is 0 Å². The Bertz CT molecular complexity index is 485. The van der Waals surface area contributed by atoms with E-state index in [-0.39, 0.29) is 31.1 Å². The molecule has 0 radical (unpaired) electrons. The molecule has 0 saturated carbocycles. The van der Waals surface area contributed by atoms with Crippen LogP contribution in [0.25, 0.3) is 0 Å². The summed E-state index contributed by atoms with van der Waals surface area (Å²) in [5.41, 5.74) is 1.75. The summed E-state index contributed by atoms with van der Waals surface area (Å²) in [6.07, 6.45) is -0.143. The summed E-state index contributed by atoms with van der Waals surface area (Å²) >= 11 is 0. The summed E-state index contributed by atoms with van der Waals surface area (Å²) in [6.45, 7) is 1.91. The van der Waals surface area contributed by atoms with Crippen LogP contribution in [-0.4, -0.2) is 45.5 Å². The van der Waals surface area contributed by atoms with Crippen molar-refractivity contribution in [2.24, 2.45) is 0 Å². The quantitative estimate of drug-likeness (QED) is 0.829. The number of hydroxylamine groups is 1. The first-order chi connectivity index (χ1) is 9.78. The number of carbonyl (C=O) groups excluding carboxylic acids is 1. The number of hydrogen-bond acceptors (Lipinski definition) is 6. The van der Waals surface area contributed by atoms with Crippen molar-refractivity contribution in [3.05, 3.63) is 24.3 Å². The van der Waals surface area contributed by atoms with Gasteiger partial charge in [0.2, 0.25) is 0 Å². The first-order valence-corrected chi connectivity index (χ1v) is 6.54. The van der Waals surface area contributed by atoms with Crippen molar-refractivity contribution < 1.29 is 19.4 Å². The number of nitrogens with zero attached hydrogens (tertiary/aromatic N) is 2. The van der Waals surface area contributed by atoms with Crippen molar-refractivity contribution in [3.63, 3.8) is 0 Å². The van der Waals surface area contributed by atoms with Gasteiger partial charge in [-0.25, -0.2) is 5.06 Å². The molecule has 1 aromatic carbocycles. The molecule has 1 atom stereocenters. The lowest BCUT2D eigenvalue weighted by Gasteiger charge is -2.27. The summed E-state index contributed by atoms with van der Waals surface area (Å²) < 4.78 is 5.12. The average molecular weight is 316 g/mol. The third kappa shape index (κ3) is 3.45. The van der Waals surface area contributed by atoms with Crippen LogP contribution in [0.1, 0.15) is 0 Å². The molecule has 1 aromatic rings. The second-order valence-electron chi connectivity index (χ2n) is 4.62. The standard InChI is InChI=1S/C13H17N3O4.ClH/c1-14-12-8-16(20-19-12)11-4-2-10(3-5-11)15-6-7-18-9-13(15)17;/h2-5,12,14H,6-9H2,1H3;1H. The molecule has 2 aliphatic heterocycles. The van der Waals surface area contributed by atoms with E-state index in [0.29, 0.717) is 19.7 Å². The number of carbonyl (C=O) groups is 1. The van der Waals surface area contributed by atoms with E-state index in [0.717, 1.165) is 11.4 Å². The van der Waals surface area contributed by atoms with Crippen LogP contribution in [0.15, 0.2) is 24.3 Å². The molecule has 3 rings (SSSR count). The van der Waals surface area contributed by atoms with Gasteiger partial charge in [0.25, 0.3) is 5.91 Å². The summed E-state index contributed by atoms with van der Waals surface area (Å²) in [4.78, 5) is 23.7. The van der Waals surface area contributed by atoms with Crippen LogP contribution in [0.2, 0.25) is 0 Å². The van der Waals surface area contributed by atoms with Crippen molar-refractivity contribution in [1.29, 1.82) is 0 Å². The molecular weight excluding hydrogens is 298 g/mol. The van der Waals surface area contributed by atoms with Gasteiger partial charge in [0.05, 0.1) is 18.8 Å². The molecule has 0 spiro atoms. The normalized spacial score (nSPS) is 22.3. The Hall–Kier alpha value is -1.38. The number of hydrogen-bond donors (Lipinski definition) is 1. The van der Waals surface area contributed by atoms with Gasteiger partial charge in [0, 0.05) is 12.2 Å². The maximum absolute atomic E-state index is 11.8. The Balaban J connectivity index is 0.00000161. The lowest BCUT2D eigenvalue weighted by molar-refractivity contribution is -0.287. The molecule has 7 nitrogen and oxygen atoms in total. The largest absolute Gasteiger partial charge is 0.370 e. The van der Waals surface area contributed by atoms with Crippen molar-refractivity contribution in [1.82, 2.24) is 5.32 Å².